The summed E-state index contributed by atoms with van der Waals surface area (Å²) in [5.41, 5.74) is 1.70. The molecule has 0 unspecified atom stereocenters. The fourth-order valence-electron chi connectivity index (χ4n) is 3.93. The van der Waals surface area contributed by atoms with Crippen molar-refractivity contribution in [2.45, 2.75) is 26.2 Å². The molecular formula is C22H23FN4O2. The van der Waals surface area contributed by atoms with Crippen molar-refractivity contribution < 1.29 is 9.18 Å². The smallest absolute Gasteiger partial charge is 0.339 e. The van der Waals surface area contributed by atoms with Gasteiger partial charge in [0, 0.05) is 19.5 Å². The third kappa shape index (κ3) is 3.85. The van der Waals surface area contributed by atoms with Gasteiger partial charge in [-0.2, -0.15) is 5.10 Å². The van der Waals surface area contributed by atoms with E-state index in [1.165, 1.54) is 12.1 Å². The number of para-hydroxylation sites is 1. The second-order valence-electron chi connectivity index (χ2n) is 7.49. The molecule has 4 rings (SSSR count). The van der Waals surface area contributed by atoms with Gasteiger partial charge in [-0.1, -0.05) is 30.3 Å². The van der Waals surface area contributed by atoms with Crippen LogP contribution in [0.25, 0.3) is 5.69 Å². The zero-order valence-corrected chi connectivity index (χ0v) is 16.3. The molecule has 2 heterocycles. The number of halogens is 1. The average Bonchev–Trinajstić information content (AvgIpc) is 3.09. The second kappa shape index (κ2) is 8.03. The molecule has 0 bridgehead atoms. The number of rotatable bonds is 4. The van der Waals surface area contributed by atoms with Crippen molar-refractivity contribution in [3.05, 3.63) is 81.8 Å². The molecule has 0 aliphatic carbocycles. The Bertz CT molecular complexity index is 1080. The number of likely N-dealkylation sites (tertiary alicyclic amines) is 1. The Kier molecular flexibility index (Phi) is 5.29. The molecule has 7 heteroatoms. The van der Waals surface area contributed by atoms with Crippen molar-refractivity contribution >= 4 is 5.91 Å². The van der Waals surface area contributed by atoms with Crippen molar-refractivity contribution in [3.8, 4) is 5.69 Å². The third-order valence-corrected chi connectivity index (χ3v) is 5.58. The summed E-state index contributed by atoms with van der Waals surface area (Å²) in [4.78, 5) is 26.6. The van der Waals surface area contributed by atoms with E-state index in [4.69, 9.17) is 0 Å². The largest absolute Gasteiger partial charge is 0.347 e. The van der Waals surface area contributed by atoms with E-state index >= 15 is 0 Å². The zero-order valence-electron chi connectivity index (χ0n) is 16.3. The van der Waals surface area contributed by atoms with Crippen LogP contribution in [-0.2, 0) is 6.42 Å². The molecule has 6 nitrogen and oxygen atoms in total. The predicted octanol–water partition coefficient (Wildman–Crippen LogP) is 3.10. The topological polar surface area (TPSA) is 71.0 Å². The lowest BCUT2D eigenvalue weighted by Crippen LogP contribution is -2.39. The molecule has 1 saturated heterocycles. The number of hydrogen-bond donors (Lipinski definition) is 1. The molecule has 1 N–H and O–H groups in total. The van der Waals surface area contributed by atoms with Crippen molar-refractivity contribution in [1.82, 2.24) is 19.7 Å². The first-order valence-corrected chi connectivity index (χ1v) is 9.80. The number of nitrogens with zero attached hydrogens (tertiary/aromatic N) is 3. The predicted molar refractivity (Wildman–Crippen MR) is 108 cm³/mol. The molecule has 1 amide bonds. The lowest BCUT2D eigenvalue weighted by Gasteiger charge is -2.32. The number of aryl methyl sites for hydroxylation is 1. The second-order valence-corrected chi connectivity index (χ2v) is 7.49. The number of aromatic nitrogens is 3. The van der Waals surface area contributed by atoms with E-state index in [2.05, 4.69) is 10.2 Å². The fourth-order valence-corrected chi connectivity index (χ4v) is 3.93. The van der Waals surface area contributed by atoms with Gasteiger partial charge in [0.15, 0.2) is 0 Å². The van der Waals surface area contributed by atoms with Crippen LogP contribution in [0.15, 0.2) is 53.3 Å². The first-order chi connectivity index (χ1) is 14.0. The van der Waals surface area contributed by atoms with Crippen LogP contribution in [0.5, 0.6) is 0 Å². The maximum absolute atomic E-state index is 13.9. The fraction of sp³-hybridized carbons (Fsp3) is 0.318. The summed E-state index contributed by atoms with van der Waals surface area (Å²) in [7, 11) is 0. The van der Waals surface area contributed by atoms with Gasteiger partial charge < -0.3 is 4.90 Å². The monoisotopic (exact) mass is 394 g/mol. The molecule has 150 valence electrons. The van der Waals surface area contributed by atoms with Crippen LogP contribution in [-0.4, -0.2) is 38.7 Å². The van der Waals surface area contributed by atoms with E-state index in [9.17, 15) is 14.0 Å². The molecule has 0 saturated carbocycles. The third-order valence-electron chi connectivity index (χ3n) is 5.58. The van der Waals surface area contributed by atoms with Crippen molar-refractivity contribution in [1.29, 1.82) is 0 Å². The number of nitrogens with one attached hydrogen (secondary N) is 1. The Morgan fingerprint density at radius 3 is 2.55 bits per heavy atom. The molecule has 1 aliphatic heterocycles. The molecule has 1 aliphatic rings. The normalized spacial score (nSPS) is 14.9. The number of amides is 1. The van der Waals surface area contributed by atoms with Gasteiger partial charge in [0.25, 0.3) is 5.91 Å². The minimum atomic E-state index is -0.488. The van der Waals surface area contributed by atoms with Crippen molar-refractivity contribution in [2.75, 3.05) is 13.1 Å². The molecule has 29 heavy (non-hydrogen) atoms. The number of H-pyrrole nitrogens is 1. The highest BCUT2D eigenvalue weighted by Crippen LogP contribution is 2.24. The Morgan fingerprint density at radius 1 is 1.14 bits per heavy atom. The molecular weight excluding hydrogens is 371 g/mol. The molecule has 1 aromatic heterocycles. The summed E-state index contributed by atoms with van der Waals surface area (Å²) in [6, 6.07) is 13.8. The first kappa shape index (κ1) is 19.1. The lowest BCUT2D eigenvalue weighted by atomic mass is 9.92. The van der Waals surface area contributed by atoms with Gasteiger partial charge in [0.1, 0.15) is 11.6 Å². The van der Waals surface area contributed by atoms with E-state index in [0.29, 0.717) is 31.3 Å². The van der Waals surface area contributed by atoms with E-state index < -0.39 is 5.82 Å². The molecule has 0 atom stereocenters. The highest BCUT2D eigenvalue weighted by molar-refractivity contribution is 5.94. The number of carbonyl (C=O) groups excluding carboxylic acids is 1. The maximum Gasteiger partial charge on any atom is 0.347 e. The summed E-state index contributed by atoms with van der Waals surface area (Å²) in [5.74, 6) is 0.248. The van der Waals surface area contributed by atoms with Gasteiger partial charge in [-0.3, -0.25) is 4.79 Å². The highest BCUT2D eigenvalue weighted by Gasteiger charge is 2.26. The molecule has 1 fully saturated rings. The lowest BCUT2D eigenvalue weighted by molar-refractivity contribution is 0.0685. The molecule has 3 aromatic rings. The van der Waals surface area contributed by atoms with Gasteiger partial charge in [0.05, 0.1) is 11.3 Å². The van der Waals surface area contributed by atoms with Gasteiger partial charge in [-0.05, 0) is 49.4 Å². The SMILES string of the molecule is Cc1ccccc1-n1c(CC2CCN(C(=O)c3ccccc3F)CC2)n[nH]c1=O. The van der Waals surface area contributed by atoms with E-state index in [-0.39, 0.29) is 17.2 Å². The van der Waals surface area contributed by atoms with Crippen LogP contribution >= 0.6 is 0 Å². The van der Waals surface area contributed by atoms with Crippen LogP contribution in [0.3, 0.4) is 0 Å². The number of piperidine rings is 1. The number of hydrogen-bond acceptors (Lipinski definition) is 3. The molecule has 0 spiro atoms. The number of carbonyl (C=O) groups is 1. The summed E-state index contributed by atoms with van der Waals surface area (Å²) >= 11 is 0. The molecule has 2 aromatic carbocycles. The average molecular weight is 394 g/mol. The van der Waals surface area contributed by atoms with E-state index in [1.807, 2.05) is 31.2 Å². The van der Waals surface area contributed by atoms with Gasteiger partial charge >= 0.3 is 5.69 Å². The Morgan fingerprint density at radius 2 is 1.83 bits per heavy atom. The molecule has 0 radical (unpaired) electrons. The Labute approximate surface area is 168 Å². The van der Waals surface area contributed by atoms with Gasteiger partial charge in [-0.15, -0.1) is 0 Å². The standard InChI is InChI=1S/C22H23FN4O2/c1-15-6-2-5-9-19(15)27-20(24-25-22(27)29)14-16-10-12-26(13-11-16)21(28)17-7-3-4-8-18(17)23/h2-9,16H,10-14H2,1H3,(H,25,29). The van der Waals surface area contributed by atoms with Crippen LogP contribution in [0, 0.1) is 18.7 Å². The van der Waals surface area contributed by atoms with Crippen LogP contribution in [0.2, 0.25) is 0 Å². The van der Waals surface area contributed by atoms with Crippen molar-refractivity contribution in [3.63, 3.8) is 0 Å². The highest BCUT2D eigenvalue weighted by atomic mass is 19.1. The number of aromatic amines is 1. The summed E-state index contributed by atoms with van der Waals surface area (Å²) in [5, 5.41) is 6.79. The zero-order chi connectivity index (χ0) is 20.4. The van der Waals surface area contributed by atoms with Crippen LogP contribution < -0.4 is 5.69 Å². The Balaban J connectivity index is 1.45. The minimum absolute atomic E-state index is 0.117. The van der Waals surface area contributed by atoms with Crippen molar-refractivity contribution in [2.24, 2.45) is 5.92 Å². The van der Waals surface area contributed by atoms with Crippen LogP contribution in [0.1, 0.15) is 34.6 Å². The summed E-state index contributed by atoms with van der Waals surface area (Å²) in [6.45, 7) is 3.10. The maximum atomic E-state index is 13.9. The van der Waals surface area contributed by atoms with E-state index in [0.717, 1.165) is 24.1 Å². The summed E-state index contributed by atoms with van der Waals surface area (Å²) < 4.78 is 15.5. The Hall–Kier alpha value is -3.22. The minimum Gasteiger partial charge on any atom is -0.339 e. The quantitative estimate of drug-likeness (QED) is 0.739. The van der Waals surface area contributed by atoms with E-state index in [1.54, 1.807) is 21.6 Å². The van der Waals surface area contributed by atoms with Gasteiger partial charge in [-0.25, -0.2) is 18.9 Å². The first-order valence-electron chi connectivity index (χ1n) is 9.80. The number of benzene rings is 2. The van der Waals surface area contributed by atoms with Crippen LogP contribution in [0.4, 0.5) is 4.39 Å². The summed E-state index contributed by atoms with van der Waals surface area (Å²) in [6.07, 6.45) is 2.22. The van der Waals surface area contributed by atoms with Gasteiger partial charge in [0.2, 0.25) is 0 Å².